The second-order valence-electron chi connectivity index (χ2n) is 6.52. The molecule has 1 aliphatic rings. The summed E-state index contributed by atoms with van der Waals surface area (Å²) >= 11 is 0. The Kier molecular flexibility index (Phi) is 5.52. The van der Waals surface area contributed by atoms with Crippen LogP contribution in [0.3, 0.4) is 0 Å². The standard InChI is InChI=1S/C20H21N3O4/c1-14-18(3-2-4-19(14)23(26)27)21-20(25)13-22-11-9-16(10-12-22)15-5-7-17(24)8-6-15/h2-9,24H,10-13H2,1H3,(H,21,25). The highest BCUT2D eigenvalue weighted by Crippen LogP contribution is 2.26. The van der Waals surface area contributed by atoms with E-state index in [0.717, 1.165) is 18.5 Å². The van der Waals surface area contributed by atoms with Crippen LogP contribution in [0.25, 0.3) is 5.57 Å². The average Bonchev–Trinajstić information content (AvgIpc) is 2.64. The molecule has 0 fully saturated rings. The van der Waals surface area contributed by atoms with Gasteiger partial charge >= 0.3 is 0 Å². The molecule has 0 saturated carbocycles. The fraction of sp³-hybridized carbons (Fsp3) is 0.250. The highest BCUT2D eigenvalue weighted by Gasteiger charge is 2.18. The lowest BCUT2D eigenvalue weighted by atomic mass is 9.99. The van der Waals surface area contributed by atoms with Crippen LogP contribution in [0.2, 0.25) is 0 Å². The Balaban J connectivity index is 1.59. The molecule has 1 aliphatic heterocycles. The molecule has 2 aromatic rings. The van der Waals surface area contributed by atoms with Crippen molar-refractivity contribution in [2.45, 2.75) is 13.3 Å². The first-order valence-electron chi connectivity index (χ1n) is 8.68. The maximum Gasteiger partial charge on any atom is 0.274 e. The summed E-state index contributed by atoms with van der Waals surface area (Å²) in [5.41, 5.74) is 3.17. The van der Waals surface area contributed by atoms with Crippen molar-refractivity contribution >= 4 is 22.9 Å². The number of nitrogens with one attached hydrogen (secondary N) is 1. The zero-order valence-electron chi connectivity index (χ0n) is 15.0. The number of carbonyl (C=O) groups is 1. The quantitative estimate of drug-likeness (QED) is 0.624. The second kappa shape index (κ2) is 8.01. The van der Waals surface area contributed by atoms with Crippen LogP contribution in [0, 0.1) is 17.0 Å². The van der Waals surface area contributed by atoms with Crippen molar-refractivity contribution in [1.82, 2.24) is 4.90 Å². The number of hydrogen-bond donors (Lipinski definition) is 2. The van der Waals surface area contributed by atoms with Crippen LogP contribution in [0.4, 0.5) is 11.4 Å². The minimum atomic E-state index is -0.453. The minimum absolute atomic E-state index is 0.00718. The first-order chi connectivity index (χ1) is 12.9. The molecule has 7 nitrogen and oxygen atoms in total. The number of phenols is 1. The van der Waals surface area contributed by atoms with Gasteiger partial charge in [-0.2, -0.15) is 0 Å². The highest BCUT2D eigenvalue weighted by molar-refractivity contribution is 5.93. The molecule has 0 aliphatic carbocycles. The van der Waals surface area contributed by atoms with Crippen molar-refractivity contribution in [3.63, 3.8) is 0 Å². The van der Waals surface area contributed by atoms with Crippen LogP contribution >= 0.6 is 0 Å². The molecule has 0 saturated heterocycles. The van der Waals surface area contributed by atoms with E-state index in [0.29, 0.717) is 17.8 Å². The molecule has 0 aromatic heterocycles. The molecule has 27 heavy (non-hydrogen) atoms. The van der Waals surface area contributed by atoms with Gasteiger partial charge in [0.05, 0.1) is 22.7 Å². The zero-order valence-corrected chi connectivity index (χ0v) is 15.0. The molecule has 1 amide bonds. The molecule has 0 unspecified atom stereocenters. The minimum Gasteiger partial charge on any atom is -0.508 e. The van der Waals surface area contributed by atoms with E-state index >= 15 is 0 Å². The summed E-state index contributed by atoms with van der Waals surface area (Å²) in [4.78, 5) is 24.9. The maximum absolute atomic E-state index is 12.3. The SMILES string of the molecule is Cc1c(NC(=O)CN2CC=C(c3ccc(O)cc3)CC2)cccc1[N+](=O)[O-]. The summed E-state index contributed by atoms with van der Waals surface area (Å²) < 4.78 is 0. The van der Waals surface area contributed by atoms with Crippen LogP contribution in [0.5, 0.6) is 5.75 Å². The number of hydrogen-bond acceptors (Lipinski definition) is 5. The molecule has 0 radical (unpaired) electrons. The van der Waals surface area contributed by atoms with E-state index in [2.05, 4.69) is 11.4 Å². The lowest BCUT2D eigenvalue weighted by Crippen LogP contribution is -2.36. The summed E-state index contributed by atoms with van der Waals surface area (Å²) in [6.45, 7) is 3.24. The van der Waals surface area contributed by atoms with Gasteiger partial charge in [0.1, 0.15) is 5.75 Å². The van der Waals surface area contributed by atoms with Gasteiger partial charge in [0, 0.05) is 19.2 Å². The Morgan fingerprint density at radius 2 is 2.00 bits per heavy atom. The smallest absolute Gasteiger partial charge is 0.274 e. The fourth-order valence-electron chi connectivity index (χ4n) is 3.14. The van der Waals surface area contributed by atoms with Crippen molar-refractivity contribution in [1.29, 1.82) is 0 Å². The van der Waals surface area contributed by atoms with Gasteiger partial charge in [-0.1, -0.05) is 24.3 Å². The van der Waals surface area contributed by atoms with Crippen LogP contribution < -0.4 is 5.32 Å². The molecule has 2 aromatic carbocycles. The summed E-state index contributed by atoms with van der Waals surface area (Å²) in [7, 11) is 0. The van der Waals surface area contributed by atoms with Crippen LogP contribution in [0.1, 0.15) is 17.5 Å². The van der Waals surface area contributed by atoms with Crippen molar-refractivity contribution in [2.75, 3.05) is 25.0 Å². The highest BCUT2D eigenvalue weighted by atomic mass is 16.6. The number of benzene rings is 2. The monoisotopic (exact) mass is 367 g/mol. The first-order valence-corrected chi connectivity index (χ1v) is 8.68. The Labute approximate surface area is 157 Å². The van der Waals surface area contributed by atoms with Gasteiger partial charge in [-0.15, -0.1) is 0 Å². The fourth-order valence-corrected chi connectivity index (χ4v) is 3.14. The number of amides is 1. The third-order valence-electron chi connectivity index (χ3n) is 4.67. The molecule has 0 bridgehead atoms. The van der Waals surface area contributed by atoms with Gasteiger partial charge in [-0.3, -0.25) is 19.8 Å². The third-order valence-corrected chi connectivity index (χ3v) is 4.67. The molecule has 0 atom stereocenters. The lowest BCUT2D eigenvalue weighted by Gasteiger charge is -2.26. The van der Waals surface area contributed by atoms with E-state index in [4.69, 9.17) is 0 Å². The van der Waals surface area contributed by atoms with E-state index in [9.17, 15) is 20.0 Å². The zero-order chi connectivity index (χ0) is 19.4. The number of nitrogens with zero attached hydrogens (tertiary/aromatic N) is 2. The van der Waals surface area contributed by atoms with Crippen LogP contribution in [0.15, 0.2) is 48.5 Å². The predicted molar refractivity (Wildman–Crippen MR) is 104 cm³/mol. The van der Waals surface area contributed by atoms with Crippen molar-refractivity contribution in [3.05, 3.63) is 69.8 Å². The van der Waals surface area contributed by atoms with Gasteiger partial charge < -0.3 is 10.4 Å². The Bertz CT molecular complexity index is 891. The van der Waals surface area contributed by atoms with E-state index in [1.54, 1.807) is 31.2 Å². The van der Waals surface area contributed by atoms with Gasteiger partial charge in [-0.25, -0.2) is 0 Å². The lowest BCUT2D eigenvalue weighted by molar-refractivity contribution is -0.385. The van der Waals surface area contributed by atoms with Gasteiger partial charge in [0.15, 0.2) is 0 Å². The summed E-state index contributed by atoms with van der Waals surface area (Å²) in [6.07, 6.45) is 2.90. The van der Waals surface area contributed by atoms with Crippen LogP contribution in [-0.4, -0.2) is 40.5 Å². The van der Waals surface area contributed by atoms with Crippen molar-refractivity contribution < 1.29 is 14.8 Å². The first kappa shape index (κ1) is 18.6. The van der Waals surface area contributed by atoms with Crippen molar-refractivity contribution in [3.8, 4) is 5.75 Å². The molecule has 3 rings (SSSR count). The number of phenolic OH excluding ortho intramolecular Hbond substituents is 1. The molecule has 1 heterocycles. The molecular formula is C20H21N3O4. The molecule has 0 spiro atoms. The Hall–Kier alpha value is -3.19. The molecule has 2 N–H and O–H groups in total. The van der Waals surface area contributed by atoms with E-state index in [-0.39, 0.29) is 23.9 Å². The van der Waals surface area contributed by atoms with Crippen molar-refractivity contribution in [2.24, 2.45) is 0 Å². The Morgan fingerprint density at radius 3 is 2.63 bits per heavy atom. The number of rotatable bonds is 5. The molecule has 7 heteroatoms. The van der Waals surface area contributed by atoms with Gasteiger partial charge in [-0.05, 0) is 42.7 Å². The Morgan fingerprint density at radius 1 is 1.26 bits per heavy atom. The predicted octanol–water partition coefficient (Wildman–Crippen LogP) is 3.34. The van der Waals surface area contributed by atoms with Crippen LogP contribution in [-0.2, 0) is 4.79 Å². The molecular weight excluding hydrogens is 346 g/mol. The number of aromatic hydroxyl groups is 1. The van der Waals surface area contributed by atoms with Gasteiger partial charge in [0.2, 0.25) is 5.91 Å². The number of anilines is 1. The maximum atomic E-state index is 12.3. The topological polar surface area (TPSA) is 95.7 Å². The van der Waals surface area contributed by atoms with Gasteiger partial charge in [0.25, 0.3) is 5.69 Å². The number of nitro benzene ring substituents is 1. The molecule has 140 valence electrons. The van der Waals surface area contributed by atoms with E-state index in [1.807, 2.05) is 17.0 Å². The number of carbonyl (C=O) groups excluding carboxylic acids is 1. The summed E-state index contributed by atoms with van der Waals surface area (Å²) in [6, 6.07) is 11.7. The summed E-state index contributed by atoms with van der Waals surface area (Å²) in [5, 5.41) is 23.2. The van der Waals surface area contributed by atoms with E-state index < -0.39 is 4.92 Å². The second-order valence-corrected chi connectivity index (χ2v) is 6.52. The van der Waals surface area contributed by atoms with E-state index in [1.165, 1.54) is 11.6 Å². The number of nitro groups is 1. The average molecular weight is 367 g/mol. The third kappa shape index (κ3) is 4.51. The normalized spacial score (nSPS) is 14.5. The largest absolute Gasteiger partial charge is 0.508 e. The summed E-state index contributed by atoms with van der Waals surface area (Å²) in [5.74, 6) is 0.0463.